The molecule has 3 unspecified atom stereocenters. The number of hydrogen-bond donors (Lipinski definition) is 1. The molecule has 0 radical (unpaired) electrons. The lowest BCUT2D eigenvalue weighted by Gasteiger charge is -2.47. The Morgan fingerprint density at radius 2 is 2.00 bits per heavy atom. The molecule has 0 saturated carbocycles. The summed E-state index contributed by atoms with van der Waals surface area (Å²) in [6.45, 7) is 9.26. The van der Waals surface area contributed by atoms with E-state index in [9.17, 15) is 14.7 Å². The molecular weight excluding hydrogens is 300 g/mol. The molecule has 1 N–H and O–H groups in total. The Hall–Kier alpha value is -2.42. The fourth-order valence-corrected chi connectivity index (χ4v) is 4.17. The maximum atomic E-state index is 13.0. The average Bonchev–Trinajstić information content (AvgIpc) is 2.55. The molecule has 0 bridgehead atoms. The number of allylic oxidation sites excluding steroid dienone is 5. The SMILES string of the molecule is C=CC1=CCC2C(=O)C(C)=CC(=O)C2(C)C1c1cccc(C)c1O. The normalized spacial score (nSPS) is 29.6. The Labute approximate surface area is 142 Å². The van der Waals surface area contributed by atoms with Crippen LogP contribution < -0.4 is 0 Å². The van der Waals surface area contributed by atoms with Gasteiger partial charge in [0.05, 0.1) is 5.41 Å². The minimum Gasteiger partial charge on any atom is -0.507 e. The Morgan fingerprint density at radius 1 is 1.29 bits per heavy atom. The second-order valence-corrected chi connectivity index (χ2v) is 6.98. The van der Waals surface area contributed by atoms with E-state index >= 15 is 0 Å². The molecular formula is C21H22O3. The topological polar surface area (TPSA) is 54.4 Å². The zero-order valence-corrected chi connectivity index (χ0v) is 14.3. The van der Waals surface area contributed by atoms with Gasteiger partial charge in [-0.1, -0.05) is 43.9 Å². The van der Waals surface area contributed by atoms with E-state index in [2.05, 4.69) is 6.58 Å². The quantitative estimate of drug-likeness (QED) is 0.894. The highest BCUT2D eigenvalue weighted by Gasteiger charge is 2.55. The van der Waals surface area contributed by atoms with E-state index in [0.717, 1.165) is 11.1 Å². The van der Waals surface area contributed by atoms with E-state index in [1.54, 1.807) is 13.0 Å². The summed E-state index contributed by atoms with van der Waals surface area (Å²) in [6.07, 6.45) is 5.70. The van der Waals surface area contributed by atoms with Gasteiger partial charge in [0.1, 0.15) is 5.75 Å². The third kappa shape index (κ3) is 2.11. The molecule has 2 aliphatic rings. The largest absolute Gasteiger partial charge is 0.507 e. The summed E-state index contributed by atoms with van der Waals surface area (Å²) in [6, 6.07) is 5.53. The first kappa shape index (κ1) is 16.4. The lowest BCUT2D eigenvalue weighted by molar-refractivity contribution is -0.137. The first-order chi connectivity index (χ1) is 11.3. The number of carbonyl (C=O) groups excluding carboxylic acids is 2. The molecule has 3 nitrogen and oxygen atoms in total. The second kappa shape index (κ2) is 5.59. The highest BCUT2D eigenvalue weighted by Crippen LogP contribution is 2.56. The van der Waals surface area contributed by atoms with Gasteiger partial charge >= 0.3 is 0 Å². The van der Waals surface area contributed by atoms with Crippen LogP contribution in [0.1, 0.15) is 37.3 Å². The van der Waals surface area contributed by atoms with Crippen LogP contribution >= 0.6 is 0 Å². The first-order valence-corrected chi connectivity index (χ1v) is 8.20. The number of aryl methyl sites for hydroxylation is 1. The summed E-state index contributed by atoms with van der Waals surface area (Å²) in [5.74, 6) is -0.627. The minimum absolute atomic E-state index is 0.0219. The molecule has 0 aromatic heterocycles. The van der Waals surface area contributed by atoms with Gasteiger partial charge in [0, 0.05) is 17.4 Å². The standard InChI is InChI=1S/C21H22O3/c1-5-14-9-10-16-20(24)13(3)11-17(22)21(16,4)18(14)15-8-6-7-12(2)19(15)23/h5-9,11,16,18,23H,1,10H2,2-4H3. The molecule has 0 heterocycles. The van der Waals surface area contributed by atoms with Crippen LogP contribution in [0.5, 0.6) is 5.75 Å². The maximum absolute atomic E-state index is 13.0. The maximum Gasteiger partial charge on any atom is 0.163 e. The predicted molar refractivity (Wildman–Crippen MR) is 93.8 cm³/mol. The second-order valence-electron chi connectivity index (χ2n) is 6.98. The molecule has 0 amide bonds. The van der Waals surface area contributed by atoms with Gasteiger partial charge in [0.2, 0.25) is 0 Å². The van der Waals surface area contributed by atoms with E-state index in [4.69, 9.17) is 0 Å². The highest BCUT2D eigenvalue weighted by atomic mass is 16.3. The number of benzene rings is 1. The van der Waals surface area contributed by atoms with Crippen molar-refractivity contribution < 1.29 is 14.7 Å². The van der Waals surface area contributed by atoms with Gasteiger partial charge < -0.3 is 5.11 Å². The predicted octanol–water partition coefficient (Wildman–Crippen LogP) is 4.02. The van der Waals surface area contributed by atoms with Gasteiger partial charge in [-0.15, -0.1) is 0 Å². The van der Waals surface area contributed by atoms with Crippen molar-refractivity contribution in [1.82, 2.24) is 0 Å². The molecule has 124 valence electrons. The number of carbonyl (C=O) groups is 2. The van der Waals surface area contributed by atoms with Crippen molar-refractivity contribution in [1.29, 1.82) is 0 Å². The molecule has 1 aromatic carbocycles. The van der Waals surface area contributed by atoms with Crippen LogP contribution in [0, 0.1) is 18.3 Å². The number of aromatic hydroxyl groups is 1. The van der Waals surface area contributed by atoms with Crippen molar-refractivity contribution in [3.05, 3.63) is 65.3 Å². The lowest BCUT2D eigenvalue weighted by atomic mass is 9.53. The number of phenols is 1. The van der Waals surface area contributed by atoms with Crippen LogP contribution in [-0.4, -0.2) is 16.7 Å². The van der Waals surface area contributed by atoms with Crippen LogP contribution in [0.15, 0.2) is 54.2 Å². The number of fused-ring (bicyclic) bond motifs is 1. The van der Waals surface area contributed by atoms with Crippen LogP contribution in [0.3, 0.4) is 0 Å². The molecule has 2 aliphatic carbocycles. The summed E-state index contributed by atoms with van der Waals surface area (Å²) in [5, 5.41) is 10.6. The van der Waals surface area contributed by atoms with E-state index in [-0.39, 0.29) is 23.2 Å². The summed E-state index contributed by atoms with van der Waals surface area (Å²) in [4.78, 5) is 25.7. The fourth-order valence-electron chi connectivity index (χ4n) is 4.17. The monoisotopic (exact) mass is 322 g/mol. The van der Waals surface area contributed by atoms with Crippen molar-refractivity contribution in [3.63, 3.8) is 0 Å². The summed E-state index contributed by atoms with van der Waals surface area (Å²) >= 11 is 0. The number of Topliss-reactive ketones (excluding diaryl/α,β-unsaturated/α-hetero) is 1. The molecule has 1 aromatic rings. The van der Waals surface area contributed by atoms with Crippen LogP contribution in [0.25, 0.3) is 0 Å². The number of rotatable bonds is 2. The van der Waals surface area contributed by atoms with Gasteiger partial charge in [-0.25, -0.2) is 0 Å². The number of phenolic OH excluding ortho intramolecular Hbond substituents is 1. The summed E-state index contributed by atoms with van der Waals surface area (Å²) in [7, 11) is 0. The van der Waals surface area contributed by atoms with Gasteiger partial charge in [0.15, 0.2) is 11.6 Å². The Morgan fingerprint density at radius 3 is 2.67 bits per heavy atom. The van der Waals surface area contributed by atoms with Crippen molar-refractivity contribution in [3.8, 4) is 5.75 Å². The zero-order chi connectivity index (χ0) is 17.6. The third-order valence-corrected chi connectivity index (χ3v) is 5.65. The Kier molecular flexibility index (Phi) is 3.83. The van der Waals surface area contributed by atoms with Crippen LogP contribution in [0.4, 0.5) is 0 Å². The zero-order valence-electron chi connectivity index (χ0n) is 14.3. The molecule has 3 heteroatoms. The van der Waals surface area contributed by atoms with E-state index in [1.165, 1.54) is 6.08 Å². The van der Waals surface area contributed by atoms with Gasteiger partial charge in [-0.2, -0.15) is 0 Å². The smallest absolute Gasteiger partial charge is 0.163 e. The first-order valence-electron chi connectivity index (χ1n) is 8.20. The molecule has 0 spiro atoms. The minimum atomic E-state index is -0.903. The molecule has 3 atom stereocenters. The highest BCUT2D eigenvalue weighted by molar-refractivity contribution is 6.13. The van der Waals surface area contributed by atoms with E-state index in [0.29, 0.717) is 17.6 Å². The number of para-hydroxylation sites is 1. The van der Waals surface area contributed by atoms with Crippen molar-refractivity contribution in [2.75, 3.05) is 0 Å². The van der Waals surface area contributed by atoms with Gasteiger partial charge in [0.25, 0.3) is 0 Å². The van der Waals surface area contributed by atoms with Crippen molar-refractivity contribution >= 4 is 11.6 Å². The number of ketones is 2. The van der Waals surface area contributed by atoms with Crippen molar-refractivity contribution in [2.24, 2.45) is 11.3 Å². The molecule has 0 fully saturated rings. The Balaban J connectivity index is 2.28. The molecule has 0 aliphatic heterocycles. The molecule has 0 saturated heterocycles. The summed E-state index contributed by atoms with van der Waals surface area (Å²) < 4.78 is 0. The van der Waals surface area contributed by atoms with Gasteiger partial charge in [-0.3, -0.25) is 9.59 Å². The summed E-state index contributed by atoms with van der Waals surface area (Å²) in [5.41, 5.74) is 1.94. The molecule has 3 rings (SSSR count). The van der Waals surface area contributed by atoms with E-state index in [1.807, 2.05) is 38.1 Å². The van der Waals surface area contributed by atoms with E-state index < -0.39 is 11.3 Å². The lowest BCUT2D eigenvalue weighted by Crippen LogP contribution is -2.49. The van der Waals surface area contributed by atoms with Crippen molar-refractivity contribution in [2.45, 2.75) is 33.1 Å². The third-order valence-electron chi connectivity index (χ3n) is 5.65. The number of hydrogen-bond acceptors (Lipinski definition) is 3. The van der Waals surface area contributed by atoms with Crippen LogP contribution in [0.2, 0.25) is 0 Å². The fraction of sp³-hybridized carbons (Fsp3) is 0.333. The average molecular weight is 322 g/mol. The molecule has 24 heavy (non-hydrogen) atoms. The van der Waals surface area contributed by atoms with Gasteiger partial charge in [-0.05, 0) is 43.1 Å². The Bertz CT molecular complexity index is 812. The van der Waals surface area contributed by atoms with Crippen LogP contribution in [-0.2, 0) is 9.59 Å².